The van der Waals surface area contributed by atoms with Gasteiger partial charge >= 0.3 is 5.97 Å². The van der Waals surface area contributed by atoms with E-state index in [0.717, 1.165) is 35.6 Å². The Bertz CT molecular complexity index is 1070. The number of phenolic OH excluding ortho intramolecular Hbond substituents is 1. The predicted molar refractivity (Wildman–Crippen MR) is 114 cm³/mol. The number of nitrogens with zero attached hydrogens (tertiary/aromatic N) is 1. The van der Waals surface area contributed by atoms with Gasteiger partial charge in [-0.3, -0.25) is 0 Å². The second-order valence-corrected chi connectivity index (χ2v) is 8.31. The highest BCUT2D eigenvalue weighted by Gasteiger charge is 2.28. The van der Waals surface area contributed by atoms with E-state index in [9.17, 15) is 9.90 Å². The second kappa shape index (κ2) is 7.76. The summed E-state index contributed by atoms with van der Waals surface area (Å²) in [6.45, 7) is 4.40. The van der Waals surface area contributed by atoms with E-state index in [-0.39, 0.29) is 11.7 Å². The monoisotopic (exact) mass is 393 g/mol. The van der Waals surface area contributed by atoms with Crippen LogP contribution in [0.15, 0.2) is 41.4 Å². The number of hydrogen-bond acceptors (Lipinski definition) is 5. The number of esters is 1. The highest BCUT2D eigenvalue weighted by atomic mass is 32.1. The molecule has 1 aliphatic rings. The number of thiophene rings is 1. The van der Waals surface area contributed by atoms with Crippen molar-refractivity contribution >= 4 is 39.3 Å². The molecule has 144 valence electrons. The standard InChI is InChI=1S/C23H23NO3S/c1-3-27-23(26)21-17-10-8-14(2)12-20(17)28-22(21)24-13-18-16-7-5-4-6-15(16)9-11-19(18)25/h4-7,9,11,13-14,25H,3,8,10,12H2,1-2H3/b24-13+. The van der Waals surface area contributed by atoms with Gasteiger partial charge in [-0.15, -0.1) is 11.3 Å². The Kier molecular flexibility index (Phi) is 5.18. The van der Waals surface area contributed by atoms with Gasteiger partial charge in [0.25, 0.3) is 0 Å². The SMILES string of the molecule is CCOC(=O)c1c(/N=C/c2c(O)ccc3ccccc23)sc2c1CCC(C)C2. The molecule has 5 heteroatoms. The molecule has 0 aliphatic heterocycles. The maximum atomic E-state index is 12.6. The molecule has 1 heterocycles. The Hall–Kier alpha value is -2.66. The van der Waals surface area contributed by atoms with Crippen LogP contribution in [-0.4, -0.2) is 23.9 Å². The third-order valence-corrected chi connectivity index (χ3v) is 6.39. The topological polar surface area (TPSA) is 58.9 Å². The molecule has 3 aromatic rings. The molecule has 0 radical (unpaired) electrons. The summed E-state index contributed by atoms with van der Waals surface area (Å²) in [6.07, 6.45) is 4.60. The van der Waals surface area contributed by atoms with Crippen LogP contribution >= 0.6 is 11.3 Å². The van der Waals surface area contributed by atoms with E-state index in [2.05, 4.69) is 11.9 Å². The number of benzene rings is 2. The lowest BCUT2D eigenvalue weighted by Crippen LogP contribution is -2.13. The molecule has 0 bridgehead atoms. The van der Waals surface area contributed by atoms with E-state index in [1.165, 1.54) is 4.88 Å². The number of hydrogen-bond donors (Lipinski definition) is 1. The van der Waals surface area contributed by atoms with Crippen molar-refractivity contribution in [2.75, 3.05) is 6.61 Å². The summed E-state index contributed by atoms with van der Waals surface area (Å²) in [5.41, 5.74) is 2.35. The van der Waals surface area contributed by atoms with Gasteiger partial charge in [-0.05, 0) is 54.5 Å². The van der Waals surface area contributed by atoms with E-state index < -0.39 is 0 Å². The zero-order chi connectivity index (χ0) is 19.7. The lowest BCUT2D eigenvalue weighted by molar-refractivity contribution is 0.0526. The first-order valence-electron chi connectivity index (χ1n) is 9.65. The summed E-state index contributed by atoms with van der Waals surface area (Å²) in [5, 5.41) is 13.0. The molecule has 0 spiro atoms. The summed E-state index contributed by atoms with van der Waals surface area (Å²) < 4.78 is 5.31. The molecule has 1 unspecified atom stereocenters. The molecule has 0 amide bonds. The quantitative estimate of drug-likeness (QED) is 0.460. The highest BCUT2D eigenvalue weighted by Crippen LogP contribution is 2.41. The molecule has 0 saturated heterocycles. The first kappa shape index (κ1) is 18.7. The van der Waals surface area contributed by atoms with Crippen molar-refractivity contribution in [2.24, 2.45) is 10.9 Å². The number of ether oxygens (including phenoxy) is 1. The molecule has 28 heavy (non-hydrogen) atoms. The average Bonchev–Trinajstić information content (AvgIpc) is 3.04. The fourth-order valence-electron chi connectivity index (χ4n) is 3.78. The number of aromatic hydroxyl groups is 1. The maximum absolute atomic E-state index is 12.6. The molecule has 0 saturated carbocycles. The van der Waals surface area contributed by atoms with Gasteiger partial charge in [-0.1, -0.05) is 37.3 Å². The zero-order valence-corrected chi connectivity index (χ0v) is 16.9. The minimum absolute atomic E-state index is 0.176. The summed E-state index contributed by atoms with van der Waals surface area (Å²) in [5.74, 6) is 0.485. The first-order valence-corrected chi connectivity index (χ1v) is 10.5. The molecule has 0 fully saturated rings. The molecule has 1 atom stereocenters. The lowest BCUT2D eigenvalue weighted by atomic mass is 9.88. The van der Waals surface area contributed by atoms with Crippen molar-refractivity contribution < 1.29 is 14.6 Å². The lowest BCUT2D eigenvalue weighted by Gasteiger charge is -2.18. The van der Waals surface area contributed by atoms with Gasteiger partial charge in [0.1, 0.15) is 10.8 Å². The number of rotatable bonds is 4. The van der Waals surface area contributed by atoms with Gasteiger partial charge in [0.2, 0.25) is 0 Å². The van der Waals surface area contributed by atoms with Crippen LogP contribution in [0, 0.1) is 5.92 Å². The fraction of sp³-hybridized carbons (Fsp3) is 0.304. The second-order valence-electron chi connectivity index (χ2n) is 7.23. The molecule has 1 aliphatic carbocycles. The fourth-order valence-corrected chi connectivity index (χ4v) is 5.13. The number of carbonyl (C=O) groups is 1. The molecule has 1 aromatic heterocycles. The molecule has 4 rings (SSSR count). The van der Waals surface area contributed by atoms with Crippen LogP contribution in [0.5, 0.6) is 5.75 Å². The number of phenols is 1. The van der Waals surface area contributed by atoms with Crippen LogP contribution in [0.1, 0.15) is 46.6 Å². The van der Waals surface area contributed by atoms with E-state index in [1.807, 2.05) is 37.3 Å². The Morgan fingerprint density at radius 1 is 1.32 bits per heavy atom. The predicted octanol–water partition coefficient (Wildman–Crippen LogP) is 5.66. The Balaban J connectivity index is 1.80. The number of carbonyl (C=O) groups excluding carboxylic acids is 1. The minimum atomic E-state index is -0.302. The summed E-state index contributed by atoms with van der Waals surface area (Å²) in [6, 6.07) is 11.4. The summed E-state index contributed by atoms with van der Waals surface area (Å²) in [7, 11) is 0. The van der Waals surface area contributed by atoms with Crippen molar-refractivity contribution in [3.05, 3.63) is 58.0 Å². The average molecular weight is 394 g/mol. The van der Waals surface area contributed by atoms with Crippen LogP contribution in [-0.2, 0) is 17.6 Å². The normalized spacial score (nSPS) is 16.4. The van der Waals surface area contributed by atoms with Crippen molar-refractivity contribution in [3.63, 3.8) is 0 Å². The minimum Gasteiger partial charge on any atom is -0.507 e. The van der Waals surface area contributed by atoms with Crippen LogP contribution in [0.25, 0.3) is 10.8 Å². The van der Waals surface area contributed by atoms with Crippen molar-refractivity contribution in [2.45, 2.75) is 33.1 Å². The van der Waals surface area contributed by atoms with E-state index >= 15 is 0 Å². The Labute approximate surface area is 168 Å². The first-order chi connectivity index (χ1) is 13.6. The van der Waals surface area contributed by atoms with Crippen molar-refractivity contribution in [1.29, 1.82) is 0 Å². The molecular weight excluding hydrogens is 370 g/mol. The van der Waals surface area contributed by atoms with Crippen LogP contribution in [0.3, 0.4) is 0 Å². The van der Waals surface area contributed by atoms with E-state index in [1.54, 1.807) is 23.6 Å². The van der Waals surface area contributed by atoms with Crippen LogP contribution < -0.4 is 0 Å². The largest absolute Gasteiger partial charge is 0.507 e. The Morgan fingerprint density at radius 2 is 2.14 bits per heavy atom. The zero-order valence-electron chi connectivity index (χ0n) is 16.1. The van der Waals surface area contributed by atoms with Crippen molar-refractivity contribution in [1.82, 2.24) is 0 Å². The molecule has 4 nitrogen and oxygen atoms in total. The van der Waals surface area contributed by atoms with Gasteiger partial charge in [0.15, 0.2) is 0 Å². The highest BCUT2D eigenvalue weighted by molar-refractivity contribution is 7.16. The molecular formula is C23H23NO3S. The van der Waals surface area contributed by atoms with E-state index in [4.69, 9.17) is 4.74 Å². The third-order valence-electron chi connectivity index (χ3n) is 5.23. The van der Waals surface area contributed by atoms with Gasteiger partial charge in [-0.25, -0.2) is 9.79 Å². The smallest absolute Gasteiger partial charge is 0.341 e. The van der Waals surface area contributed by atoms with Crippen LogP contribution in [0.2, 0.25) is 0 Å². The summed E-state index contributed by atoms with van der Waals surface area (Å²) >= 11 is 1.57. The maximum Gasteiger partial charge on any atom is 0.341 e. The van der Waals surface area contributed by atoms with Gasteiger partial charge in [-0.2, -0.15) is 0 Å². The molecule has 1 N–H and O–H groups in total. The number of aliphatic imine (C=N–C) groups is 1. The van der Waals surface area contributed by atoms with Crippen molar-refractivity contribution in [3.8, 4) is 5.75 Å². The third kappa shape index (κ3) is 3.42. The van der Waals surface area contributed by atoms with Gasteiger partial charge in [0.05, 0.1) is 12.2 Å². The Morgan fingerprint density at radius 3 is 2.96 bits per heavy atom. The summed E-state index contributed by atoms with van der Waals surface area (Å²) in [4.78, 5) is 18.5. The van der Waals surface area contributed by atoms with Gasteiger partial charge in [0, 0.05) is 16.7 Å². The number of fused-ring (bicyclic) bond motifs is 2. The van der Waals surface area contributed by atoms with Gasteiger partial charge < -0.3 is 9.84 Å². The molecule has 2 aromatic carbocycles. The van der Waals surface area contributed by atoms with Crippen LogP contribution in [0.4, 0.5) is 5.00 Å². The van der Waals surface area contributed by atoms with E-state index in [0.29, 0.717) is 28.7 Å².